The minimum absolute atomic E-state index is 0.151. The lowest BCUT2D eigenvalue weighted by Gasteiger charge is -2.31. The molecule has 1 aromatic heterocycles. The van der Waals surface area contributed by atoms with Crippen LogP contribution in [0.3, 0.4) is 0 Å². The van der Waals surface area contributed by atoms with Crippen LogP contribution < -0.4 is 11.3 Å². The second-order valence-corrected chi connectivity index (χ2v) is 6.13. The third-order valence-corrected chi connectivity index (χ3v) is 4.97. The van der Waals surface area contributed by atoms with Crippen molar-refractivity contribution in [2.75, 3.05) is 0 Å². The number of pyridine rings is 1. The molecule has 0 bridgehead atoms. The number of hydrogen-bond acceptors (Lipinski definition) is 3. The summed E-state index contributed by atoms with van der Waals surface area (Å²) in [4.78, 5) is 4.54. The van der Waals surface area contributed by atoms with Gasteiger partial charge in [-0.1, -0.05) is 18.2 Å². The van der Waals surface area contributed by atoms with Crippen LogP contribution in [0.25, 0.3) is 0 Å². The number of aromatic nitrogens is 1. The van der Waals surface area contributed by atoms with E-state index in [0.29, 0.717) is 4.47 Å². The number of benzene rings is 1. The first-order valence-electron chi connectivity index (χ1n) is 7.06. The SMILES string of the molecule is NNC(c1cccc(F)c1Br)C1CCCc2cccnc21. The van der Waals surface area contributed by atoms with Gasteiger partial charge in [0.15, 0.2) is 0 Å². The van der Waals surface area contributed by atoms with E-state index in [1.54, 1.807) is 6.07 Å². The lowest BCUT2D eigenvalue weighted by atomic mass is 9.80. The Bertz CT molecular complexity index is 647. The summed E-state index contributed by atoms with van der Waals surface area (Å²) in [5.74, 6) is 5.67. The van der Waals surface area contributed by atoms with Crippen molar-refractivity contribution >= 4 is 15.9 Å². The average Bonchev–Trinajstić information content (AvgIpc) is 2.52. The Morgan fingerprint density at radius 1 is 1.33 bits per heavy atom. The van der Waals surface area contributed by atoms with Crippen LogP contribution in [0, 0.1) is 5.82 Å². The average molecular weight is 350 g/mol. The molecular weight excluding hydrogens is 333 g/mol. The second-order valence-electron chi connectivity index (χ2n) is 5.33. The fraction of sp³-hybridized carbons (Fsp3) is 0.312. The first-order valence-corrected chi connectivity index (χ1v) is 7.85. The smallest absolute Gasteiger partial charge is 0.137 e. The van der Waals surface area contributed by atoms with E-state index in [1.165, 1.54) is 11.6 Å². The molecular formula is C16H17BrFN3. The number of halogens is 2. The van der Waals surface area contributed by atoms with Gasteiger partial charge in [0, 0.05) is 17.8 Å². The summed E-state index contributed by atoms with van der Waals surface area (Å²) in [6.45, 7) is 0. The van der Waals surface area contributed by atoms with Crippen molar-refractivity contribution in [2.45, 2.75) is 31.2 Å². The van der Waals surface area contributed by atoms with Crippen LogP contribution in [-0.2, 0) is 6.42 Å². The van der Waals surface area contributed by atoms with Crippen LogP contribution in [0.2, 0.25) is 0 Å². The van der Waals surface area contributed by atoms with Crippen LogP contribution >= 0.6 is 15.9 Å². The van der Waals surface area contributed by atoms with Gasteiger partial charge in [0.1, 0.15) is 5.82 Å². The minimum atomic E-state index is -0.273. The van der Waals surface area contributed by atoms with Crippen molar-refractivity contribution in [3.63, 3.8) is 0 Å². The van der Waals surface area contributed by atoms with Gasteiger partial charge >= 0.3 is 0 Å². The molecule has 2 unspecified atom stereocenters. The van der Waals surface area contributed by atoms with Gasteiger partial charge in [-0.15, -0.1) is 0 Å². The standard InChI is InChI=1S/C16H17BrFN3/c17-14-11(6-2-8-13(14)18)16(21-19)12-7-1-4-10-5-3-9-20-15(10)12/h2-3,5-6,8-9,12,16,21H,1,4,7,19H2. The molecule has 0 saturated heterocycles. The molecule has 110 valence electrons. The first-order chi connectivity index (χ1) is 10.2. The van der Waals surface area contributed by atoms with Crippen molar-refractivity contribution in [2.24, 2.45) is 5.84 Å². The van der Waals surface area contributed by atoms with Crippen LogP contribution in [0.15, 0.2) is 41.0 Å². The molecule has 3 rings (SSSR count). The summed E-state index contributed by atoms with van der Waals surface area (Å²) in [5, 5.41) is 0. The van der Waals surface area contributed by atoms with Crippen molar-refractivity contribution < 1.29 is 4.39 Å². The third-order valence-electron chi connectivity index (χ3n) is 4.14. The van der Waals surface area contributed by atoms with E-state index in [2.05, 4.69) is 32.4 Å². The molecule has 2 atom stereocenters. The van der Waals surface area contributed by atoms with Crippen LogP contribution in [0.5, 0.6) is 0 Å². The molecule has 5 heteroatoms. The molecule has 0 aliphatic heterocycles. The van der Waals surface area contributed by atoms with E-state index in [9.17, 15) is 4.39 Å². The summed E-state index contributed by atoms with van der Waals surface area (Å²) in [5.41, 5.74) is 6.03. The van der Waals surface area contributed by atoms with Gasteiger partial charge in [0.2, 0.25) is 0 Å². The molecule has 1 aliphatic carbocycles. The highest BCUT2D eigenvalue weighted by Crippen LogP contribution is 2.41. The van der Waals surface area contributed by atoms with E-state index in [4.69, 9.17) is 5.84 Å². The molecule has 0 saturated carbocycles. The van der Waals surface area contributed by atoms with Gasteiger partial charge in [-0.2, -0.15) is 0 Å². The van der Waals surface area contributed by atoms with E-state index < -0.39 is 0 Å². The topological polar surface area (TPSA) is 50.9 Å². The maximum atomic E-state index is 13.8. The zero-order valence-electron chi connectivity index (χ0n) is 11.5. The maximum absolute atomic E-state index is 13.8. The predicted octanol–water partition coefficient (Wildman–Crippen LogP) is 3.61. The molecule has 3 N–H and O–H groups in total. The Morgan fingerprint density at radius 3 is 3.00 bits per heavy atom. The van der Waals surface area contributed by atoms with Crippen molar-refractivity contribution in [1.82, 2.24) is 10.4 Å². The van der Waals surface area contributed by atoms with E-state index in [0.717, 1.165) is 30.5 Å². The molecule has 0 amide bonds. The minimum Gasteiger partial charge on any atom is -0.271 e. The van der Waals surface area contributed by atoms with Gasteiger partial charge in [-0.25, -0.2) is 4.39 Å². The summed E-state index contributed by atoms with van der Waals surface area (Å²) in [6.07, 6.45) is 4.93. The fourth-order valence-electron chi connectivity index (χ4n) is 3.15. The number of nitrogens with zero attached hydrogens (tertiary/aromatic N) is 1. The fourth-order valence-corrected chi connectivity index (χ4v) is 3.66. The molecule has 1 aliphatic rings. The molecule has 0 radical (unpaired) electrons. The number of nitrogens with two attached hydrogens (primary N) is 1. The van der Waals surface area contributed by atoms with E-state index in [1.807, 2.05) is 18.3 Å². The molecule has 21 heavy (non-hydrogen) atoms. The second kappa shape index (κ2) is 6.22. The van der Waals surface area contributed by atoms with Crippen molar-refractivity contribution in [1.29, 1.82) is 0 Å². The number of hydrogen-bond donors (Lipinski definition) is 2. The lowest BCUT2D eigenvalue weighted by Crippen LogP contribution is -2.34. The van der Waals surface area contributed by atoms with Gasteiger partial charge in [-0.05, 0) is 58.5 Å². The normalized spacial score (nSPS) is 19.1. The van der Waals surface area contributed by atoms with Crippen LogP contribution in [0.4, 0.5) is 4.39 Å². The number of hydrazine groups is 1. The first kappa shape index (κ1) is 14.6. The number of aryl methyl sites for hydroxylation is 1. The number of rotatable bonds is 3. The molecule has 1 heterocycles. The number of nitrogens with one attached hydrogen (secondary N) is 1. The largest absolute Gasteiger partial charge is 0.271 e. The zero-order valence-corrected chi connectivity index (χ0v) is 13.1. The van der Waals surface area contributed by atoms with Crippen LogP contribution in [-0.4, -0.2) is 4.98 Å². The molecule has 0 fully saturated rings. The van der Waals surface area contributed by atoms with Crippen LogP contribution in [0.1, 0.15) is 41.6 Å². The summed E-state index contributed by atoms with van der Waals surface area (Å²) < 4.78 is 14.3. The maximum Gasteiger partial charge on any atom is 0.137 e. The van der Waals surface area contributed by atoms with Gasteiger partial charge in [0.05, 0.1) is 10.5 Å². The Labute approximate surface area is 131 Å². The lowest BCUT2D eigenvalue weighted by molar-refractivity contribution is 0.397. The zero-order chi connectivity index (χ0) is 14.8. The highest BCUT2D eigenvalue weighted by atomic mass is 79.9. The Kier molecular flexibility index (Phi) is 4.33. The quantitative estimate of drug-likeness (QED) is 0.657. The van der Waals surface area contributed by atoms with Gasteiger partial charge in [-0.3, -0.25) is 16.3 Å². The molecule has 0 spiro atoms. The van der Waals surface area contributed by atoms with Crippen molar-refractivity contribution in [3.8, 4) is 0 Å². The summed E-state index contributed by atoms with van der Waals surface area (Å²) in [7, 11) is 0. The molecule has 2 aromatic rings. The summed E-state index contributed by atoms with van der Waals surface area (Å²) in [6, 6.07) is 8.96. The Balaban J connectivity index is 2.04. The molecule has 3 nitrogen and oxygen atoms in total. The Hall–Kier alpha value is -1.30. The summed E-state index contributed by atoms with van der Waals surface area (Å²) >= 11 is 3.34. The highest BCUT2D eigenvalue weighted by Gasteiger charge is 2.31. The monoisotopic (exact) mass is 349 g/mol. The third kappa shape index (κ3) is 2.73. The predicted molar refractivity (Wildman–Crippen MR) is 84.1 cm³/mol. The molecule has 1 aromatic carbocycles. The Morgan fingerprint density at radius 2 is 2.19 bits per heavy atom. The van der Waals surface area contributed by atoms with E-state index >= 15 is 0 Å². The van der Waals surface area contributed by atoms with Gasteiger partial charge in [0.25, 0.3) is 0 Å². The van der Waals surface area contributed by atoms with Gasteiger partial charge < -0.3 is 0 Å². The highest BCUT2D eigenvalue weighted by molar-refractivity contribution is 9.10. The van der Waals surface area contributed by atoms with Crippen molar-refractivity contribution in [3.05, 3.63) is 63.6 Å². The van der Waals surface area contributed by atoms with E-state index in [-0.39, 0.29) is 17.8 Å². The number of fused-ring (bicyclic) bond motifs is 1.